The summed E-state index contributed by atoms with van der Waals surface area (Å²) in [6.07, 6.45) is 7.42. The molecule has 172 valence electrons. The number of hydrogen-bond acceptors (Lipinski definition) is 7. The number of ether oxygens (including phenoxy) is 1. The second-order valence-corrected chi connectivity index (χ2v) is 7.73. The molecule has 0 spiro atoms. The van der Waals surface area contributed by atoms with Crippen LogP contribution < -0.4 is 10.6 Å². The molecule has 2 N–H and O–H groups in total. The fraction of sp³-hybridized carbons (Fsp3) is 0.348. The summed E-state index contributed by atoms with van der Waals surface area (Å²) in [5.41, 5.74) is 7.11. The SMILES string of the molecule is C=Cc1cnc(N2CCN(C(=O)CCOCCn3ccc4ccc(C(N)=O)nc43)CC2)nc1. The van der Waals surface area contributed by atoms with E-state index in [0.29, 0.717) is 64.0 Å². The first-order valence-electron chi connectivity index (χ1n) is 10.9. The predicted molar refractivity (Wildman–Crippen MR) is 125 cm³/mol. The Balaban J connectivity index is 1.18. The van der Waals surface area contributed by atoms with E-state index in [4.69, 9.17) is 10.5 Å². The van der Waals surface area contributed by atoms with Crippen LogP contribution in [-0.4, -0.2) is 75.6 Å². The van der Waals surface area contributed by atoms with Crippen molar-refractivity contribution in [1.29, 1.82) is 0 Å². The third-order valence-electron chi connectivity index (χ3n) is 5.61. The first-order chi connectivity index (χ1) is 16.0. The molecular weight excluding hydrogens is 422 g/mol. The predicted octanol–water partition coefficient (Wildman–Crippen LogP) is 1.32. The van der Waals surface area contributed by atoms with Crippen molar-refractivity contribution in [3.63, 3.8) is 0 Å². The number of fused-ring (bicyclic) bond motifs is 1. The van der Waals surface area contributed by atoms with Gasteiger partial charge in [-0.1, -0.05) is 12.7 Å². The maximum Gasteiger partial charge on any atom is 0.267 e. The van der Waals surface area contributed by atoms with Crippen molar-refractivity contribution in [3.05, 3.63) is 54.6 Å². The fourth-order valence-electron chi connectivity index (χ4n) is 3.72. The van der Waals surface area contributed by atoms with Crippen molar-refractivity contribution < 1.29 is 14.3 Å². The number of nitrogens with two attached hydrogens (primary N) is 1. The Morgan fingerprint density at radius 1 is 1.09 bits per heavy atom. The molecule has 1 aliphatic heterocycles. The van der Waals surface area contributed by atoms with Crippen molar-refractivity contribution in [1.82, 2.24) is 24.4 Å². The van der Waals surface area contributed by atoms with Crippen LogP contribution in [0.4, 0.5) is 5.95 Å². The van der Waals surface area contributed by atoms with Gasteiger partial charge in [0.2, 0.25) is 11.9 Å². The number of pyridine rings is 1. The molecule has 2 amide bonds. The lowest BCUT2D eigenvalue weighted by Crippen LogP contribution is -2.49. The summed E-state index contributed by atoms with van der Waals surface area (Å²) in [4.78, 5) is 40.8. The Hall–Kier alpha value is -3.79. The molecule has 4 rings (SSSR count). The van der Waals surface area contributed by atoms with Gasteiger partial charge >= 0.3 is 0 Å². The average Bonchev–Trinajstić information content (AvgIpc) is 3.26. The Labute approximate surface area is 191 Å². The maximum absolute atomic E-state index is 12.5. The van der Waals surface area contributed by atoms with Gasteiger partial charge in [0.25, 0.3) is 5.91 Å². The summed E-state index contributed by atoms with van der Waals surface area (Å²) >= 11 is 0. The monoisotopic (exact) mass is 449 g/mol. The normalized spacial score (nSPS) is 13.9. The molecular formula is C23H27N7O3. The Morgan fingerprint density at radius 3 is 2.55 bits per heavy atom. The van der Waals surface area contributed by atoms with Crippen molar-refractivity contribution in [2.24, 2.45) is 5.73 Å². The third kappa shape index (κ3) is 5.35. The molecule has 0 radical (unpaired) electrons. The lowest BCUT2D eigenvalue weighted by molar-refractivity contribution is -0.132. The van der Waals surface area contributed by atoms with Gasteiger partial charge in [-0.3, -0.25) is 9.59 Å². The summed E-state index contributed by atoms with van der Waals surface area (Å²) in [5.74, 6) is 0.195. The van der Waals surface area contributed by atoms with Gasteiger partial charge in [0.05, 0.1) is 19.6 Å². The molecule has 0 unspecified atom stereocenters. The van der Waals surface area contributed by atoms with E-state index >= 15 is 0 Å². The zero-order chi connectivity index (χ0) is 23.2. The molecule has 4 heterocycles. The number of primary amides is 1. The van der Waals surface area contributed by atoms with Gasteiger partial charge in [0, 0.05) is 62.3 Å². The second kappa shape index (κ2) is 10.2. The highest BCUT2D eigenvalue weighted by Crippen LogP contribution is 2.15. The molecule has 1 aliphatic rings. The summed E-state index contributed by atoms with van der Waals surface area (Å²) in [7, 11) is 0. The van der Waals surface area contributed by atoms with Gasteiger partial charge < -0.3 is 24.8 Å². The van der Waals surface area contributed by atoms with Crippen LogP contribution in [0.15, 0.2) is 43.4 Å². The molecule has 3 aromatic heterocycles. The number of aromatic nitrogens is 4. The first kappa shape index (κ1) is 22.4. The minimum atomic E-state index is -0.557. The van der Waals surface area contributed by atoms with E-state index < -0.39 is 5.91 Å². The zero-order valence-corrected chi connectivity index (χ0v) is 18.4. The molecule has 0 aliphatic carbocycles. The van der Waals surface area contributed by atoms with E-state index in [1.165, 1.54) is 0 Å². The van der Waals surface area contributed by atoms with Crippen LogP contribution in [-0.2, 0) is 16.1 Å². The molecule has 0 bridgehead atoms. The number of piperazine rings is 1. The molecule has 10 nitrogen and oxygen atoms in total. The van der Waals surface area contributed by atoms with E-state index in [9.17, 15) is 9.59 Å². The van der Waals surface area contributed by atoms with Crippen molar-refractivity contribution >= 4 is 34.9 Å². The molecule has 3 aromatic rings. The standard InChI is InChI=1S/C23H27N7O3/c1-2-17-15-25-23(26-16-17)30-10-8-28(9-11-30)20(31)6-13-33-14-12-29-7-5-18-3-4-19(21(24)32)27-22(18)29/h2-5,7,15-16H,1,6,8-14H2,(H2,24,32). The molecule has 33 heavy (non-hydrogen) atoms. The van der Waals surface area contributed by atoms with Gasteiger partial charge in [-0.25, -0.2) is 15.0 Å². The highest BCUT2D eigenvalue weighted by Gasteiger charge is 2.22. The molecule has 10 heteroatoms. The Bertz CT molecular complexity index is 1130. The summed E-state index contributed by atoms with van der Waals surface area (Å²) in [6, 6.07) is 5.36. The van der Waals surface area contributed by atoms with Crippen LogP contribution in [0.2, 0.25) is 0 Å². The van der Waals surface area contributed by atoms with E-state index in [2.05, 4.69) is 26.4 Å². The van der Waals surface area contributed by atoms with Crippen LogP contribution in [0.1, 0.15) is 22.5 Å². The van der Waals surface area contributed by atoms with Crippen LogP contribution >= 0.6 is 0 Å². The summed E-state index contributed by atoms with van der Waals surface area (Å²) in [6.45, 7) is 7.72. The van der Waals surface area contributed by atoms with Crippen LogP contribution in [0, 0.1) is 0 Å². The minimum Gasteiger partial charge on any atom is -0.379 e. The summed E-state index contributed by atoms with van der Waals surface area (Å²) in [5, 5.41) is 0.927. The van der Waals surface area contributed by atoms with Crippen molar-refractivity contribution in [3.8, 4) is 0 Å². The van der Waals surface area contributed by atoms with Crippen LogP contribution in [0.25, 0.3) is 17.1 Å². The third-order valence-corrected chi connectivity index (χ3v) is 5.61. The van der Waals surface area contributed by atoms with Gasteiger partial charge in [-0.05, 0) is 18.2 Å². The molecule has 0 aromatic carbocycles. The lowest BCUT2D eigenvalue weighted by atomic mass is 10.3. The number of amides is 2. The molecule has 0 atom stereocenters. The number of carbonyl (C=O) groups excluding carboxylic acids is 2. The molecule has 0 saturated carbocycles. The van der Waals surface area contributed by atoms with E-state index in [0.717, 1.165) is 10.9 Å². The zero-order valence-electron chi connectivity index (χ0n) is 18.4. The van der Waals surface area contributed by atoms with Gasteiger partial charge in [-0.15, -0.1) is 0 Å². The number of rotatable bonds is 9. The van der Waals surface area contributed by atoms with Gasteiger partial charge in [0.1, 0.15) is 11.3 Å². The molecule has 1 saturated heterocycles. The van der Waals surface area contributed by atoms with E-state index in [-0.39, 0.29) is 11.6 Å². The Morgan fingerprint density at radius 2 is 1.85 bits per heavy atom. The van der Waals surface area contributed by atoms with Gasteiger partial charge in [-0.2, -0.15) is 0 Å². The van der Waals surface area contributed by atoms with E-state index in [1.54, 1.807) is 24.5 Å². The van der Waals surface area contributed by atoms with Gasteiger partial charge in [0.15, 0.2) is 0 Å². The average molecular weight is 450 g/mol. The smallest absolute Gasteiger partial charge is 0.267 e. The fourth-order valence-corrected chi connectivity index (χ4v) is 3.72. The number of hydrogen-bond donors (Lipinski definition) is 1. The Kier molecular flexibility index (Phi) is 6.94. The quantitative estimate of drug-likeness (QED) is 0.489. The highest BCUT2D eigenvalue weighted by atomic mass is 16.5. The maximum atomic E-state index is 12.5. The van der Waals surface area contributed by atoms with Crippen LogP contribution in [0.3, 0.4) is 0 Å². The number of anilines is 1. The number of carbonyl (C=O) groups is 2. The van der Waals surface area contributed by atoms with Crippen molar-refractivity contribution in [2.75, 3.05) is 44.3 Å². The van der Waals surface area contributed by atoms with E-state index in [1.807, 2.05) is 27.8 Å². The molecule has 1 fully saturated rings. The number of nitrogens with zero attached hydrogens (tertiary/aromatic N) is 6. The first-order valence-corrected chi connectivity index (χ1v) is 10.9. The lowest BCUT2D eigenvalue weighted by Gasteiger charge is -2.34. The van der Waals surface area contributed by atoms with Crippen molar-refractivity contribution in [2.45, 2.75) is 13.0 Å². The largest absolute Gasteiger partial charge is 0.379 e. The van der Waals surface area contributed by atoms with Crippen LogP contribution in [0.5, 0.6) is 0 Å². The minimum absolute atomic E-state index is 0.0803. The second-order valence-electron chi connectivity index (χ2n) is 7.73. The topological polar surface area (TPSA) is 119 Å². The highest BCUT2D eigenvalue weighted by molar-refractivity contribution is 5.93. The summed E-state index contributed by atoms with van der Waals surface area (Å²) < 4.78 is 7.59.